The van der Waals surface area contributed by atoms with Crippen LogP contribution in [0.4, 0.5) is 0 Å². The maximum Gasteiger partial charge on any atom is 0.0101 e. The molecular formula is C8H9S. The summed E-state index contributed by atoms with van der Waals surface area (Å²) in [7, 11) is 0. The number of thioether (sulfide) groups is 1. The molecule has 1 heteroatoms. The molecule has 0 saturated carbocycles. The van der Waals surface area contributed by atoms with Crippen LogP contribution in [0.25, 0.3) is 0 Å². The summed E-state index contributed by atoms with van der Waals surface area (Å²) >= 11 is 1.73. The average molecular weight is 137 g/mol. The van der Waals surface area contributed by atoms with Gasteiger partial charge in [-0.2, -0.15) is 0 Å². The first-order valence-corrected chi connectivity index (χ1v) is 4.02. The molecule has 0 nitrogen and oxygen atoms in total. The summed E-state index contributed by atoms with van der Waals surface area (Å²) < 4.78 is 0. The minimum atomic E-state index is 1.12. The molecule has 0 spiro atoms. The van der Waals surface area contributed by atoms with Crippen molar-refractivity contribution in [3.63, 3.8) is 0 Å². The fraction of sp³-hybridized carbons (Fsp3) is 0.125. The van der Waals surface area contributed by atoms with E-state index >= 15 is 0 Å². The van der Waals surface area contributed by atoms with Crippen LogP contribution in [0.5, 0.6) is 0 Å². The first-order valence-electron chi connectivity index (χ1n) is 2.79. The Bertz CT molecular complexity index is 194. The maximum absolute atomic E-state index is 3.87. The molecule has 0 atom stereocenters. The molecule has 0 aromatic heterocycles. The van der Waals surface area contributed by atoms with Gasteiger partial charge in [-0.25, -0.2) is 0 Å². The SMILES string of the molecule is [CH2]c1ccccc1SC. The largest absolute Gasteiger partial charge is 0.129 e. The summed E-state index contributed by atoms with van der Waals surface area (Å²) in [5, 5.41) is 0. The Morgan fingerprint density at radius 2 is 2.00 bits per heavy atom. The Morgan fingerprint density at radius 1 is 1.33 bits per heavy atom. The second-order valence-electron chi connectivity index (χ2n) is 1.81. The second-order valence-corrected chi connectivity index (χ2v) is 2.66. The van der Waals surface area contributed by atoms with Crippen molar-refractivity contribution in [1.82, 2.24) is 0 Å². The molecule has 47 valence electrons. The van der Waals surface area contributed by atoms with Gasteiger partial charge in [-0.1, -0.05) is 18.2 Å². The van der Waals surface area contributed by atoms with Gasteiger partial charge in [0.2, 0.25) is 0 Å². The lowest BCUT2D eigenvalue weighted by molar-refractivity contribution is 1.40. The summed E-state index contributed by atoms with van der Waals surface area (Å²) in [5.41, 5.74) is 1.12. The van der Waals surface area contributed by atoms with Gasteiger partial charge in [-0.05, 0) is 24.8 Å². The van der Waals surface area contributed by atoms with Crippen molar-refractivity contribution in [2.24, 2.45) is 0 Å². The van der Waals surface area contributed by atoms with Crippen molar-refractivity contribution in [3.05, 3.63) is 36.8 Å². The Kier molecular flexibility index (Phi) is 2.17. The van der Waals surface area contributed by atoms with Gasteiger partial charge in [0.25, 0.3) is 0 Å². The molecular weight excluding hydrogens is 128 g/mol. The van der Waals surface area contributed by atoms with E-state index in [1.54, 1.807) is 11.8 Å². The van der Waals surface area contributed by atoms with Crippen LogP contribution in [0.3, 0.4) is 0 Å². The summed E-state index contributed by atoms with van der Waals surface area (Å²) in [6, 6.07) is 8.13. The first kappa shape index (κ1) is 6.69. The van der Waals surface area contributed by atoms with Crippen LogP contribution in [0.1, 0.15) is 5.56 Å². The van der Waals surface area contributed by atoms with Gasteiger partial charge >= 0.3 is 0 Å². The number of benzene rings is 1. The van der Waals surface area contributed by atoms with Crippen molar-refractivity contribution in [2.45, 2.75) is 4.90 Å². The summed E-state index contributed by atoms with van der Waals surface area (Å²) in [4.78, 5) is 1.26. The van der Waals surface area contributed by atoms with E-state index in [2.05, 4.69) is 19.2 Å². The molecule has 0 aliphatic heterocycles. The van der Waals surface area contributed by atoms with Crippen molar-refractivity contribution < 1.29 is 0 Å². The van der Waals surface area contributed by atoms with Gasteiger partial charge in [-0.3, -0.25) is 0 Å². The van der Waals surface area contributed by atoms with Crippen LogP contribution in [0.15, 0.2) is 29.2 Å². The highest BCUT2D eigenvalue weighted by Gasteiger charge is 1.90. The number of rotatable bonds is 1. The minimum Gasteiger partial charge on any atom is -0.129 e. The van der Waals surface area contributed by atoms with Crippen molar-refractivity contribution in [3.8, 4) is 0 Å². The molecule has 0 aliphatic carbocycles. The van der Waals surface area contributed by atoms with Crippen LogP contribution < -0.4 is 0 Å². The van der Waals surface area contributed by atoms with Crippen molar-refractivity contribution in [2.75, 3.05) is 6.26 Å². The highest BCUT2D eigenvalue weighted by atomic mass is 32.2. The van der Waals surface area contributed by atoms with Crippen molar-refractivity contribution in [1.29, 1.82) is 0 Å². The molecule has 0 aliphatic rings. The van der Waals surface area contributed by atoms with E-state index in [1.165, 1.54) is 4.90 Å². The third-order valence-electron chi connectivity index (χ3n) is 1.19. The Hall–Kier alpha value is -0.430. The lowest BCUT2D eigenvalue weighted by Crippen LogP contribution is -1.74. The third kappa shape index (κ3) is 1.49. The molecule has 0 unspecified atom stereocenters. The van der Waals surface area contributed by atoms with Crippen LogP contribution >= 0.6 is 11.8 Å². The van der Waals surface area contributed by atoms with Gasteiger partial charge < -0.3 is 0 Å². The number of hydrogen-bond donors (Lipinski definition) is 0. The Balaban J connectivity index is 3.01. The quantitative estimate of drug-likeness (QED) is 0.536. The smallest absolute Gasteiger partial charge is 0.0101 e. The van der Waals surface area contributed by atoms with Gasteiger partial charge in [0.15, 0.2) is 0 Å². The van der Waals surface area contributed by atoms with Gasteiger partial charge in [0.1, 0.15) is 0 Å². The molecule has 0 fully saturated rings. The Morgan fingerprint density at radius 3 is 2.44 bits per heavy atom. The van der Waals surface area contributed by atoms with Crippen LogP contribution in [-0.4, -0.2) is 6.26 Å². The minimum absolute atomic E-state index is 1.12. The van der Waals surface area contributed by atoms with E-state index < -0.39 is 0 Å². The monoisotopic (exact) mass is 137 g/mol. The van der Waals surface area contributed by atoms with Crippen LogP contribution in [-0.2, 0) is 0 Å². The third-order valence-corrected chi connectivity index (χ3v) is 2.03. The second kappa shape index (κ2) is 2.92. The predicted octanol–water partition coefficient (Wildman–Crippen LogP) is 2.59. The van der Waals surface area contributed by atoms with Crippen molar-refractivity contribution >= 4 is 11.8 Å². The molecule has 0 bridgehead atoms. The summed E-state index contributed by atoms with van der Waals surface area (Å²) in [5.74, 6) is 0. The molecule has 0 saturated heterocycles. The Labute approximate surface area is 60.3 Å². The maximum atomic E-state index is 3.87. The molecule has 1 aromatic carbocycles. The van der Waals surface area contributed by atoms with Crippen LogP contribution in [0, 0.1) is 6.92 Å². The topological polar surface area (TPSA) is 0 Å². The van der Waals surface area contributed by atoms with Gasteiger partial charge in [-0.15, -0.1) is 11.8 Å². The van der Waals surface area contributed by atoms with Crippen LogP contribution in [0.2, 0.25) is 0 Å². The van der Waals surface area contributed by atoms with Gasteiger partial charge in [0.05, 0.1) is 0 Å². The molecule has 1 radical (unpaired) electrons. The molecule has 0 N–H and O–H groups in total. The highest BCUT2D eigenvalue weighted by Crippen LogP contribution is 2.17. The fourth-order valence-corrected chi connectivity index (χ4v) is 1.25. The molecule has 9 heavy (non-hydrogen) atoms. The molecule has 0 heterocycles. The normalized spacial score (nSPS) is 9.56. The van der Waals surface area contributed by atoms with E-state index in [0.29, 0.717) is 0 Å². The predicted molar refractivity (Wildman–Crippen MR) is 42.7 cm³/mol. The lowest BCUT2D eigenvalue weighted by atomic mass is 10.2. The summed E-state index contributed by atoms with van der Waals surface area (Å²) in [6.07, 6.45) is 2.06. The summed E-state index contributed by atoms with van der Waals surface area (Å²) in [6.45, 7) is 3.87. The van der Waals surface area contributed by atoms with E-state index in [-0.39, 0.29) is 0 Å². The average Bonchev–Trinajstić information content (AvgIpc) is 1.89. The fourth-order valence-electron chi connectivity index (χ4n) is 0.703. The van der Waals surface area contributed by atoms with Gasteiger partial charge in [0, 0.05) is 4.90 Å². The zero-order valence-corrected chi connectivity index (χ0v) is 6.24. The van der Waals surface area contributed by atoms with E-state index in [9.17, 15) is 0 Å². The lowest BCUT2D eigenvalue weighted by Gasteiger charge is -1.97. The van der Waals surface area contributed by atoms with E-state index in [1.807, 2.05) is 18.2 Å². The molecule has 1 rings (SSSR count). The van der Waals surface area contributed by atoms with E-state index in [4.69, 9.17) is 0 Å². The molecule has 0 amide bonds. The van der Waals surface area contributed by atoms with E-state index in [0.717, 1.165) is 5.56 Å². The number of hydrogen-bond acceptors (Lipinski definition) is 1. The zero-order chi connectivity index (χ0) is 6.69. The zero-order valence-electron chi connectivity index (χ0n) is 5.42. The molecule has 1 aromatic rings. The first-order chi connectivity index (χ1) is 4.34. The standard InChI is InChI=1S/C8H9S/c1-7-5-3-4-6-8(7)9-2/h3-6H,1H2,2H3. The highest BCUT2D eigenvalue weighted by molar-refractivity contribution is 7.98.